The summed E-state index contributed by atoms with van der Waals surface area (Å²) < 4.78 is 0. The molecule has 1 aromatic carbocycles. The van der Waals surface area contributed by atoms with Crippen LogP contribution in [0, 0.1) is 17.0 Å². The topological polar surface area (TPSA) is 56.0 Å². The molecule has 4 nitrogen and oxygen atoms in total. The number of hydrogen-bond donors (Lipinski definition) is 0. The maximum Gasteiger partial charge on any atom is 0.270 e. The molecule has 0 saturated heterocycles. The lowest BCUT2D eigenvalue weighted by molar-refractivity contribution is -0.384. The lowest BCUT2D eigenvalue weighted by Gasteiger charge is -1.99. The average molecular weight is 288 g/mol. The van der Waals surface area contributed by atoms with Crippen LogP contribution in [0.1, 0.15) is 41.6 Å². The van der Waals surface area contributed by atoms with Gasteiger partial charge in [0, 0.05) is 17.5 Å². The Bertz CT molecular complexity index is 660. The lowest BCUT2D eigenvalue weighted by Crippen LogP contribution is -1.90. The number of thiazole rings is 1. The molecule has 0 atom stereocenters. The van der Waals surface area contributed by atoms with Crippen molar-refractivity contribution in [1.82, 2.24) is 4.98 Å². The Morgan fingerprint density at radius 3 is 2.70 bits per heavy atom. The van der Waals surface area contributed by atoms with Crippen LogP contribution in [0.4, 0.5) is 5.69 Å². The Labute approximate surface area is 122 Å². The molecule has 104 valence electrons. The van der Waals surface area contributed by atoms with Gasteiger partial charge in [0.05, 0.1) is 10.6 Å². The van der Waals surface area contributed by atoms with Crippen molar-refractivity contribution < 1.29 is 4.92 Å². The number of aromatic nitrogens is 1. The summed E-state index contributed by atoms with van der Waals surface area (Å²) in [7, 11) is 0. The highest BCUT2D eigenvalue weighted by molar-refractivity contribution is 7.10. The summed E-state index contributed by atoms with van der Waals surface area (Å²) in [6.45, 7) is 6.14. The van der Waals surface area contributed by atoms with E-state index in [-0.39, 0.29) is 10.6 Å². The lowest BCUT2D eigenvalue weighted by atomic mass is 10.1. The number of nitrogens with zero attached hydrogens (tertiary/aromatic N) is 2. The van der Waals surface area contributed by atoms with Crippen LogP contribution in [0.5, 0.6) is 0 Å². The molecule has 1 aromatic heterocycles. The minimum absolute atomic E-state index is 0.109. The molecular weight excluding hydrogens is 272 g/mol. The molecule has 20 heavy (non-hydrogen) atoms. The van der Waals surface area contributed by atoms with Crippen molar-refractivity contribution in [3.63, 3.8) is 0 Å². The van der Waals surface area contributed by atoms with Gasteiger partial charge in [0.25, 0.3) is 5.69 Å². The van der Waals surface area contributed by atoms with Crippen LogP contribution in [0.3, 0.4) is 0 Å². The molecule has 0 fully saturated rings. The zero-order valence-corrected chi connectivity index (χ0v) is 12.5. The highest BCUT2D eigenvalue weighted by Crippen LogP contribution is 2.22. The number of benzene rings is 1. The maximum atomic E-state index is 10.8. The summed E-state index contributed by atoms with van der Waals surface area (Å²) in [4.78, 5) is 14.9. The van der Waals surface area contributed by atoms with Crippen molar-refractivity contribution in [1.29, 1.82) is 0 Å². The van der Waals surface area contributed by atoms with Gasteiger partial charge in [-0.15, -0.1) is 11.3 Å². The first kappa shape index (κ1) is 14.4. The van der Waals surface area contributed by atoms with Gasteiger partial charge in [-0.3, -0.25) is 10.1 Å². The predicted molar refractivity (Wildman–Crippen MR) is 83.0 cm³/mol. The van der Waals surface area contributed by atoms with Gasteiger partial charge in [-0.05, 0) is 30.0 Å². The highest BCUT2D eigenvalue weighted by Gasteiger charge is 2.07. The van der Waals surface area contributed by atoms with Crippen molar-refractivity contribution in [2.75, 3.05) is 0 Å². The minimum atomic E-state index is -0.378. The van der Waals surface area contributed by atoms with Crippen molar-refractivity contribution in [3.8, 4) is 0 Å². The van der Waals surface area contributed by atoms with Crippen molar-refractivity contribution >= 4 is 29.2 Å². The summed E-state index contributed by atoms with van der Waals surface area (Å²) in [5, 5.41) is 13.8. The fourth-order valence-corrected chi connectivity index (χ4v) is 2.60. The highest BCUT2D eigenvalue weighted by atomic mass is 32.1. The Morgan fingerprint density at radius 2 is 2.10 bits per heavy atom. The van der Waals surface area contributed by atoms with Gasteiger partial charge in [-0.2, -0.15) is 0 Å². The Morgan fingerprint density at radius 1 is 1.35 bits per heavy atom. The minimum Gasteiger partial charge on any atom is -0.258 e. The smallest absolute Gasteiger partial charge is 0.258 e. The van der Waals surface area contributed by atoms with Crippen molar-refractivity contribution in [2.24, 2.45) is 0 Å². The summed E-state index contributed by atoms with van der Waals surface area (Å²) >= 11 is 1.58. The molecule has 0 amide bonds. The molecule has 0 unspecified atom stereocenters. The molecule has 0 aliphatic rings. The van der Waals surface area contributed by atoms with E-state index in [2.05, 4.69) is 18.8 Å². The molecule has 2 rings (SSSR count). The Kier molecular flexibility index (Phi) is 4.29. The zero-order valence-electron chi connectivity index (χ0n) is 11.7. The Hall–Kier alpha value is -2.01. The summed E-state index contributed by atoms with van der Waals surface area (Å²) in [5.74, 6) is 0.410. The number of nitro groups is 1. The first-order chi connectivity index (χ1) is 9.47. The van der Waals surface area contributed by atoms with Gasteiger partial charge >= 0.3 is 0 Å². The van der Waals surface area contributed by atoms with E-state index >= 15 is 0 Å². The van der Waals surface area contributed by atoms with Gasteiger partial charge in [-0.1, -0.05) is 26.0 Å². The molecular formula is C15H16N2O2S. The van der Waals surface area contributed by atoms with Crippen molar-refractivity contribution in [3.05, 3.63) is 55.5 Å². The van der Waals surface area contributed by atoms with Crippen LogP contribution in [0.2, 0.25) is 0 Å². The normalized spacial score (nSPS) is 11.4. The van der Waals surface area contributed by atoms with Gasteiger partial charge < -0.3 is 0 Å². The molecule has 0 saturated carbocycles. The second kappa shape index (κ2) is 5.96. The quantitative estimate of drug-likeness (QED) is 0.607. The van der Waals surface area contributed by atoms with Crippen LogP contribution in [-0.4, -0.2) is 9.91 Å². The van der Waals surface area contributed by atoms with Gasteiger partial charge in [0.15, 0.2) is 0 Å². The second-order valence-corrected chi connectivity index (χ2v) is 5.79. The number of rotatable bonds is 4. The molecule has 1 heterocycles. The molecule has 2 aromatic rings. The first-order valence-corrected chi connectivity index (χ1v) is 7.24. The third-order valence-electron chi connectivity index (χ3n) is 3.01. The summed E-state index contributed by atoms with van der Waals surface area (Å²) in [6, 6.07) is 4.87. The van der Waals surface area contributed by atoms with Crippen molar-refractivity contribution in [2.45, 2.75) is 26.7 Å². The summed E-state index contributed by atoms with van der Waals surface area (Å²) in [5.41, 5.74) is 3.04. The van der Waals surface area contributed by atoms with Crippen LogP contribution in [0.25, 0.3) is 12.2 Å². The monoisotopic (exact) mass is 288 g/mol. The van der Waals surface area contributed by atoms with Crippen LogP contribution >= 0.6 is 11.3 Å². The molecule has 0 radical (unpaired) electrons. The second-order valence-electron chi connectivity index (χ2n) is 4.90. The summed E-state index contributed by atoms with van der Waals surface area (Å²) in [6.07, 6.45) is 3.79. The predicted octanol–water partition coefficient (Wildman–Crippen LogP) is 4.65. The van der Waals surface area contributed by atoms with E-state index < -0.39 is 0 Å². The van der Waals surface area contributed by atoms with E-state index in [0.717, 1.165) is 21.8 Å². The molecule has 0 bridgehead atoms. The molecule has 5 heteroatoms. The van der Waals surface area contributed by atoms with E-state index in [9.17, 15) is 10.1 Å². The molecule has 0 N–H and O–H groups in total. The van der Waals surface area contributed by atoms with Crippen LogP contribution < -0.4 is 0 Å². The average Bonchev–Trinajstić information content (AvgIpc) is 2.86. The van der Waals surface area contributed by atoms with E-state index in [1.807, 2.05) is 24.5 Å². The SMILES string of the molecule is Cc1ccc([N+](=O)[O-])cc1C=Cc1nc(C(C)C)cs1. The fraction of sp³-hybridized carbons (Fsp3) is 0.267. The van der Waals surface area contributed by atoms with Gasteiger partial charge in [-0.25, -0.2) is 4.98 Å². The Balaban J connectivity index is 2.26. The zero-order chi connectivity index (χ0) is 14.7. The molecule has 0 aliphatic carbocycles. The number of nitro benzene ring substituents is 1. The third kappa shape index (κ3) is 3.30. The van der Waals surface area contributed by atoms with E-state index in [1.54, 1.807) is 23.5 Å². The number of aryl methyl sites for hydroxylation is 1. The molecule has 0 spiro atoms. The maximum absolute atomic E-state index is 10.8. The van der Waals surface area contributed by atoms with Gasteiger partial charge in [0.2, 0.25) is 0 Å². The van der Waals surface area contributed by atoms with Crippen LogP contribution in [-0.2, 0) is 0 Å². The fourth-order valence-electron chi connectivity index (χ4n) is 1.72. The van der Waals surface area contributed by atoms with E-state index in [1.165, 1.54) is 6.07 Å². The largest absolute Gasteiger partial charge is 0.270 e. The van der Waals surface area contributed by atoms with Crippen LogP contribution in [0.15, 0.2) is 23.6 Å². The number of hydrogen-bond acceptors (Lipinski definition) is 4. The number of non-ortho nitro benzene ring substituents is 1. The third-order valence-corrected chi connectivity index (χ3v) is 3.84. The first-order valence-electron chi connectivity index (χ1n) is 6.36. The molecule has 0 aliphatic heterocycles. The van der Waals surface area contributed by atoms with E-state index in [4.69, 9.17) is 0 Å². The standard InChI is InChI=1S/C15H16N2O2S/c1-10(2)14-9-20-15(16-14)7-5-12-8-13(17(18)19)6-4-11(12)3/h4-10H,1-3H3. The van der Waals surface area contributed by atoms with E-state index in [0.29, 0.717) is 5.92 Å². The van der Waals surface area contributed by atoms with Gasteiger partial charge in [0.1, 0.15) is 5.01 Å².